The normalized spacial score (nSPS) is 18.3. The molecule has 0 radical (unpaired) electrons. The SMILES string of the molecule is CCCNC1CCCc2c(OC)ccc(OC)c21. The van der Waals surface area contributed by atoms with Gasteiger partial charge in [-0.15, -0.1) is 0 Å². The van der Waals surface area contributed by atoms with Crippen molar-refractivity contribution in [2.24, 2.45) is 0 Å². The molecule has 0 spiro atoms. The fourth-order valence-electron chi connectivity index (χ4n) is 2.78. The Balaban J connectivity index is 2.39. The van der Waals surface area contributed by atoms with Gasteiger partial charge in [-0.25, -0.2) is 0 Å². The van der Waals surface area contributed by atoms with E-state index in [0.717, 1.165) is 30.9 Å². The van der Waals surface area contributed by atoms with Crippen LogP contribution in [0.1, 0.15) is 43.4 Å². The van der Waals surface area contributed by atoms with Crippen molar-refractivity contribution in [3.8, 4) is 11.5 Å². The highest BCUT2D eigenvalue weighted by molar-refractivity contribution is 5.51. The average molecular weight is 249 g/mol. The molecule has 1 aliphatic rings. The Hall–Kier alpha value is -1.22. The Bertz CT molecular complexity index is 404. The van der Waals surface area contributed by atoms with Crippen molar-refractivity contribution in [2.75, 3.05) is 20.8 Å². The predicted molar refractivity (Wildman–Crippen MR) is 73.5 cm³/mol. The highest BCUT2D eigenvalue weighted by Crippen LogP contribution is 2.41. The van der Waals surface area contributed by atoms with E-state index in [0.29, 0.717) is 6.04 Å². The monoisotopic (exact) mass is 249 g/mol. The van der Waals surface area contributed by atoms with Crippen molar-refractivity contribution in [2.45, 2.75) is 38.6 Å². The largest absolute Gasteiger partial charge is 0.496 e. The van der Waals surface area contributed by atoms with Gasteiger partial charge in [0.2, 0.25) is 0 Å². The second-order valence-electron chi connectivity index (χ2n) is 4.76. The Morgan fingerprint density at radius 2 is 1.94 bits per heavy atom. The molecular weight excluding hydrogens is 226 g/mol. The Kier molecular flexibility index (Phi) is 4.48. The minimum atomic E-state index is 0.402. The lowest BCUT2D eigenvalue weighted by atomic mass is 9.86. The molecule has 3 nitrogen and oxygen atoms in total. The summed E-state index contributed by atoms with van der Waals surface area (Å²) in [5.41, 5.74) is 2.62. The molecule has 1 N–H and O–H groups in total. The lowest BCUT2D eigenvalue weighted by Gasteiger charge is -2.29. The Morgan fingerprint density at radius 3 is 2.61 bits per heavy atom. The van der Waals surface area contributed by atoms with Crippen molar-refractivity contribution in [3.05, 3.63) is 23.3 Å². The van der Waals surface area contributed by atoms with E-state index in [9.17, 15) is 0 Å². The van der Waals surface area contributed by atoms with Crippen LogP contribution in [-0.4, -0.2) is 20.8 Å². The van der Waals surface area contributed by atoms with Crippen molar-refractivity contribution < 1.29 is 9.47 Å². The van der Waals surface area contributed by atoms with Crippen molar-refractivity contribution in [1.82, 2.24) is 5.32 Å². The summed E-state index contributed by atoms with van der Waals surface area (Å²) in [5.74, 6) is 1.98. The first-order chi connectivity index (χ1) is 8.81. The van der Waals surface area contributed by atoms with Gasteiger partial charge in [0.25, 0.3) is 0 Å². The summed E-state index contributed by atoms with van der Waals surface area (Å²) in [6.45, 7) is 3.24. The fraction of sp³-hybridized carbons (Fsp3) is 0.600. The number of hydrogen-bond acceptors (Lipinski definition) is 3. The van der Waals surface area contributed by atoms with Gasteiger partial charge in [-0.05, 0) is 44.4 Å². The molecule has 100 valence electrons. The fourth-order valence-corrected chi connectivity index (χ4v) is 2.78. The molecule has 0 saturated heterocycles. The molecule has 18 heavy (non-hydrogen) atoms. The van der Waals surface area contributed by atoms with Crippen LogP contribution in [-0.2, 0) is 6.42 Å². The molecule has 0 fully saturated rings. The van der Waals surface area contributed by atoms with E-state index in [1.807, 2.05) is 12.1 Å². The van der Waals surface area contributed by atoms with E-state index in [4.69, 9.17) is 9.47 Å². The maximum Gasteiger partial charge on any atom is 0.124 e. The molecule has 1 aromatic carbocycles. The van der Waals surface area contributed by atoms with Gasteiger partial charge in [-0.1, -0.05) is 6.92 Å². The van der Waals surface area contributed by atoms with E-state index >= 15 is 0 Å². The van der Waals surface area contributed by atoms with E-state index in [1.165, 1.54) is 24.0 Å². The summed E-state index contributed by atoms with van der Waals surface area (Å²) in [6.07, 6.45) is 4.62. The summed E-state index contributed by atoms with van der Waals surface area (Å²) >= 11 is 0. The van der Waals surface area contributed by atoms with Gasteiger partial charge in [0.05, 0.1) is 14.2 Å². The van der Waals surface area contributed by atoms with Crippen LogP contribution in [0.2, 0.25) is 0 Å². The Labute approximate surface area is 109 Å². The molecule has 0 bridgehead atoms. The van der Waals surface area contributed by atoms with Crippen molar-refractivity contribution in [1.29, 1.82) is 0 Å². The van der Waals surface area contributed by atoms with Gasteiger partial charge in [-0.3, -0.25) is 0 Å². The van der Waals surface area contributed by atoms with E-state index in [-0.39, 0.29) is 0 Å². The highest BCUT2D eigenvalue weighted by atomic mass is 16.5. The van der Waals surface area contributed by atoms with Crippen LogP contribution in [0.4, 0.5) is 0 Å². The van der Waals surface area contributed by atoms with E-state index < -0.39 is 0 Å². The minimum absolute atomic E-state index is 0.402. The second-order valence-corrected chi connectivity index (χ2v) is 4.76. The molecule has 0 heterocycles. The standard InChI is InChI=1S/C15H23NO2/c1-4-10-16-12-7-5-6-11-13(17-2)8-9-14(18-3)15(11)12/h8-9,12,16H,4-7,10H2,1-3H3. The van der Waals surface area contributed by atoms with Crippen LogP contribution >= 0.6 is 0 Å². The van der Waals surface area contributed by atoms with Crippen LogP contribution < -0.4 is 14.8 Å². The number of nitrogens with one attached hydrogen (secondary N) is 1. The zero-order chi connectivity index (χ0) is 13.0. The molecule has 1 aliphatic carbocycles. The van der Waals surface area contributed by atoms with Crippen molar-refractivity contribution >= 4 is 0 Å². The number of methoxy groups -OCH3 is 2. The highest BCUT2D eigenvalue weighted by Gasteiger charge is 2.26. The molecule has 2 rings (SSSR count). The third kappa shape index (κ3) is 2.46. The number of fused-ring (bicyclic) bond motifs is 1. The van der Waals surface area contributed by atoms with E-state index in [1.54, 1.807) is 14.2 Å². The van der Waals surface area contributed by atoms with Crippen LogP contribution in [0.5, 0.6) is 11.5 Å². The summed E-state index contributed by atoms with van der Waals surface area (Å²) < 4.78 is 11.0. The van der Waals surface area contributed by atoms with Gasteiger partial charge >= 0.3 is 0 Å². The summed E-state index contributed by atoms with van der Waals surface area (Å²) in [6, 6.07) is 4.43. The smallest absolute Gasteiger partial charge is 0.124 e. The maximum absolute atomic E-state index is 5.53. The maximum atomic E-state index is 5.53. The van der Waals surface area contributed by atoms with Crippen LogP contribution in [0, 0.1) is 0 Å². The third-order valence-corrected chi connectivity index (χ3v) is 3.62. The molecule has 1 unspecified atom stereocenters. The molecule has 0 aromatic heterocycles. The molecule has 0 saturated carbocycles. The van der Waals surface area contributed by atoms with E-state index in [2.05, 4.69) is 12.2 Å². The van der Waals surface area contributed by atoms with Gasteiger partial charge in [0.15, 0.2) is 0 Å². The first-order valence-corrected chi connectivity index (χ1v) is 6.79. The second kappa shape index (κ2) is 6.10. The van der Waals surface area contributed by atoms with Crippen molar-refractivity contribution in [3.63, 3.8) is 0 Å². The van der Waals surface area contributed by atoms with Crippen LogP contribution in [0.25, 0.3) is 0 Å². The molecule has 1 aromatic rings. The van der Waals surface area contributed by atoms with Gasteiger partial charge < -0.3 is 14.8 Å². The average Bonchev–Trinajstić information content (AvgIpc) is 2.43. The number of benzene rings is 1. The lowest BCUT2D eigenvalue weighted by molar-refractivity contribution is 0.368. The number of ether oxygens (including phenoxy) is 2. The zero-order valence-electron chi connectivity index (χ0n) is 11.6. The minimum Gasteiger partial charge on any atom is -0.496 e. The molecule has 0 amide bonds. The summed E-state index contributed by atoms with van der Waals surface area (Å²) in [4.78, 5) is 0. The molecule has 1 atom stereocenters. The van der Waals surface area contributed by atoms with Crippen LogP contribution in [0.3, 0.4) is 0 Å². The predicted octanol–water partition coefficient (Wildman–Crippen LogP) is 3.08. The Morgan fingerprint density at radius 1 is 1.22 bits per heavy atom. The van der Waals surface area contributed by atoms with Gasteiger partial charge in [0.1, 0.15) is 11.5 Å². The number of hydrogen-bond donors (Lipinski definition) is 1. The quantitative estimate of drug-likeness (QED) is 0.870. The van der Waals surface area contributed by atoms with Gasteiger partial charge in [-0.2, -0.15) is 0 Å². The summed E-state index contributed by atoms with van der Waals surface area (Å²) in [7, 11) is 3.48. The first-order valence-electron chi connectivity index (χ1n) is 6.79. The summed E-state index contributed by atoms with van der Waals surface area (Å²) in [5, 5.41) is 3.62. The molecule has 0 aliphatic heterocycles. The van der Waals surface area contributed by atoms with Gasteiger partial charge in [0, 0.05) is 17.2 Å². The molecule has 3 heteroatoms. The van der Waals surface area contributed by atoms with Crippen LogP contribution in [0.15, 0.2) is 12.1 Å². The zero-order valence-corrected chi connectivity index (χ0v) is 11.6. The lowest BCUT2D eigenvalue weighted by Crippen LogP contribution is -2.26. The third-order valence-electron chi connectivity index (χ3n) is 3.62. The topological polar surface area (TPSA) is 30.5 Å². The molecular formula is C15H23NO2. The first kappa shape index (κ1) is 13.2. The number of rotatable bonds is 5.